The molecule has 3 rings (SSSR count). The molecule has 0 aromatic heterocycles. The summed E-state index contributed by atoms with van der Waals surface area (Å²) in [4.78, 5) is 12.4. The van der Waals surface area contributed by atoms with Crippen LogP contribution in [0.2, 0.25) is 0 Å². The van der Waals surface area contributed by atoms with Crippen molar-refractivity contribution in [2.45, 2.75) is 19.1 Å². The van der Waals surface area contributed by atoms with E-state index in [2.05, 4.69) is 5.32 Å². The van der Waals surface area contributed by atoms with Crippen molar-refractivity contribution < 1.29 is 27.4 Å². The van der Waals surface area contributed by atoms with Crippen molar-refractivity contribution in [2.75, 3.05) is 13.7 Å². The Labute approximate surface area is 166 Å². The largest absolute Gasteiger partial charge is 0.457 e. The zero-order chi connectivity index (χ0) is 21.0. The van der Waals surface area contributed by atoms with Crippen molar-refractivity contribution >= 4 is 16.7 Å². The molecule has 1 atom stereocenters. The van der Waals surface area contributed by atoms with Gasteiger partial charge in [0.25, 0.3) is 5.91 Å². The van der Waals surface area contributed by atoms with Crippen LogP contribution in [0.15, 0.2) is 60.7 Å². The Kier molecular flexibility index (Phi) is 6.08. The Balaban J connectivity index is 1.82. The number of methoxy groups -OCH3 is 1. The van der Waals surface area contributed by atoms with Crippen molar-refractivity contribution in [1.29, 1.82) is 0 Å². The molecule has 0 saturated carbocycles. The number of alkyl halides is 3. The number of nitrogens with one attached hydrogen (secondary N) is 1. The number of rotatable bonds is 6. The third-order valence-electron chi connectivity index (χ3n) is 4.31. The van der Waals surface area contributed by atoms with Gasteiger partial charge in [0.15, 0.2) is 0 Å². The molecular weight excluding hydrogens is 383 g/mol. The van der Waals surface area contributed by atoms with Crippen LogP contribution >= 0.6 is 0 Å². The van der Waals surface area contributed by atoms with Gasteiger partial charge in [-0.3, -0.25) is 4.79 Å². The maximum absolute atomic E-state index is 12.7. The first kappa shape index (κ1) is 20.7. The molecule has 4 nitrogen and oxygen atoms in total. The van der Waals surface area contributed by atoms with Crippen LogP contribution in [-0.4, -0.2) is 25.7 Å². The van der Waals surface area contributed by atoms with Gasteiger partial charge < -0.3 is 14.8 Å². The van der Waals surface area contributed by atoms with E-state index in [1.807, 2.05) is 13.0 Å². The van der Waals surface area contributed by atoms with Gasteiger partial charge in [0.1, 0.15) is 11.5 Å². The lowest BCUT2D eigenvalue weighted by atomic mass is 10.1. The minimum atomic E-state index is -4.39. The zero-order valence-electron chi connectivity index (χ0n) is 15.9. The molecule has 0 radical (unpaired) electrons. The Morgan fingerprint density at radius 3 is 2.45 bits per heavy atom. The molecule has 1 amide bonds. The van der Waals surface area contributed by atoms with Gasteiger partial charge >= 0.3 is 6.18 Å². The number of carbonyl (C=O) groups is 1. The predicted molar refractivity (Wildman–Crippen MR) is 104 cm³/mol. The summed E-state index contributed by atoms with van der Waals surface area (Å²) < 4.78 is 48.9. The quantitative estimate of drug-likeness (QED) is 0.598. The molecule has 0 heterocycles. The van der Waals surface area contributed by atoms with Gasteiger partial charge in [-0.25, -0.2) is 0 Å². The average Bonchev–Trinajstić information content (AvgIpc) is 2.67. The van der Waals surface area contributed by atoms with E-state index in [-0.39, 0.29) is 11.9 Å². The molecule has 7 heteroatoms. The molecule has 0 saturated heterocycles. The molecule has 0 fully saturated rings. The monoisotopic (exact) mass is 403 g/mol. The van der Waals surface area contributed by atoms with Crippen LogP contribution in [0, 0.1) is 0 Å². The molecule has 29 heavy (non-hydrogen) atoms. The highest BCUT2D eigenvalue weighted by Crippen LogP contribution is 2.33. The van der Waals surface area contributed by atoms with Crippen LogP contribution < -0.4 is 10.1 Å². The summed E-state index contributed by atoms with van der Waals surface area (Å²) in [5.74, 6) is 0.563. The van der Waals surface area contributed by atoms with Crippen LogP contribution in [0.5, 0.6) is 11.5 Å². The number of fused-ring (bicyclic) bond motifs is 1. The summed E-state index contributed by atoms with van der Waals surface area (Å²) in [7, 11) is 1.57. The Bertz CT molecular complexity index is 1000. The standard InChI is InChI=1S/C22H20F3NO3/c1-14(13-28-2)26-21(27)16-6-11-19-15(12-16)4-3-5-20(19)29-18-9-7-17(8-10-18)22(23,24)25/h3-12,14H,13H2,1-2H3,(H,26,27)/t14-/m1/s1. The van der Waals surface area contributed by atoms with E-state index in [1.54, 1.807) is 37.4 Å². The first-order valence-corrected chi connectivity index (χ1v) is 8.95. The third kappa shape index (κ3) is 5.06. The van der Waals surface area contributed by atoms with Gasteiger partial charge in [0.05, 0.1) is 12.2 Å². The second kappa shape index (κ2) is 8.53. The summed E-state index contributed by atoms with van der Waals surface area (Å²) >= 11 is 0. The lowest BCUT2D eigenvalue weighted by Crippen LogP contribution is -2.35. The Morgan fingerprint density at radius 2 is 1.79 bits per heavy atom. The van der Waals surface area contributed by atoms with Crippen molar-refractivity contribution in [1.82, 2.24) is 5.32 Å². The Hall–Kier alpha value is -3.06. The number of hydrogen-bond donors (Lipinski definition) is 1. The van der Waals surface area contributed by atoms with Crippen LogP contribution in [0.4, 0.5) is 13.2 Å². The molecule has 0 unspecified atom stereocenters. The third-order valence-corrected chi connectivity index (χ3v) is 4.31. The summed E-state index contributed by atoms with van der Waals surface area (Å²) in [5.41, 5.74) is -0.242. The van der Waals surface area contributed by atoms with Crippen molar-refractivity contribution in [3.8, 4) is 11.5 Å². The van der Waals surface area contributed by atoms with E-state index in [1.165, 1.54) is 12.1 Å². The highest BCUT2D eigenvalue weighted by atomic mass is 19.4. The predicted octanol–water partition coefficient (Wildman–Crippen LogP) is 5.42. The second-order valence-corrected chi connectivity index (χ2v) is 6.65. The second-order valence-electron chi connectivity index (χ2n) is 6.65. The summed E-state index contributed by atoms with van der Waals surface area (Å²) in [6.07, 6.45) is -4.39. The molecule has 3 aromatic rings. The van der Waals surface area contributed by atoms with E-state index in [0.717, 1.165) is 22.9 Å². The molecule has 0 aliphatic heterocycles. The number of carbonyl (C=O) groups excluding carboxylic acids is 1. The van der Waals surface area contributed by atoms with Crippen molar-refractivity contribution in [3.05, 3.63) is 71.8 Å². The van der Waals surface area contributed by atoms with Gasteiger partial charge in [0.2, 0.25) is 0 Å². The van der Waals surface area contributed by atoms with E-state index in [9.17, 15) is 18.0 Å². The maximum atomic E-state index is 12.7. The number of hydrogen-bond acceptors (Lipinski definition) is 3. The lowest BCUT2D eigenvalue weighted by Gasteiger charge is -2.14. The maximum Gasteiger partial charge on any atom is 0.416 e. The molecule has 0 spiro atoms. The summed E-state index contributed by atoms with van der Waals surface area (Å²) in [5, 5.41) is 4.37. The van der Waals surface area contributed by atoms with Gasteiger partial charge in [0, 0.05) is 24.1 Å². The van der Waals surface area contributed by atoms with Gasteiger partial charge in [-0.15, -0.1) is 0 Å². The van der Waals surface area contributed by atoms with Gasteiger partial charge in [-0.1, -0.05) is 12.1 Å². The molecule has 1 N–H and O–H groups in total. The van der Waals surface area contributed by atoms with Crippen LogP contribution in [0.1, 0.15) is 22.8 Å². The van der Waals surface area contributed by atoms with Crippen LogP contribution in [-0.2, 0) is 10.9 Å². The number of benzene rings is 3. The molecule has 3 aromatic carbocycles. The molecule has 152 valence electrons. The zero-order valence-corrected chi connectivity index (χ0v) is 15.9. The highest BCUT2D eigenvalue weighted by Gasteiger charge is 2.30. The molecule has 0 aliphatic carbocycles. The fourth-order valence-electron chi connectivity index (χ4n) is 2.92. The fraction of sp³-hybridized carbons (Fsp3) is 0.227. The van der Waals surface area contributed by atoms with Crippen molar-refractivity contribution in [2.24, 2.45) is 0 Å². The summed E-state index contributed by atoms with van der Waals surface area (Å²) in [6.45, 7) is 2.25. The van der Waals surface area contributed by atoms with E-state index in [4.69, 9.17) is 9.47 Å². The van der Waals surface area contributed by atoms with Gasteiger partial charge in [-0.2, -0.15) is 13.2 Å². The molecule has 0 aliphatic rings. The number of halogens is 3. The first-order valence-electron chi connectivity index (χ1n) is 8.95. The average molecular weight is 403 g/mol. The van der Waals surface area contributed by atoms with Gasteiger partial charge in [-0.05, 0) is 60.8 Å². The van der Waals surface area contributed by atoms with Crippen molar-refractivity contribution in [3.63, 3.8) is 0 Å². The molecule has 0 bridgehead atoms. The first-order chi connectivity index (χ1) is 13.8. The highest BCUT2D eigenvalue weighted by molar-refractivity contribution is 6.00. The minimum absolute atomic E-state index is 0.127. The Morgan fingerprint density at radius 1 is 1.07 bits per heavy atom. The van der Waals surface area contributed by atoms with Crippen LogP contribution in [0.3, 0.4) is 0 Å². The number of amides is 1. The van der Waals surface area contributed by atoms with E-state index < -0.39 is 11.7 Å². The minimum Gasteiger partial charge on any atom is -0.457 e. The normalized spacial score (nSPS) is 12.6. The fourth-order valence-corrected chi connectivity index (χ4v) is 2.92. The van der Waals surface area contributed by atoms with E-state index in [0.29, 0.717) is 23.7 Å². The molecular formula is C22H20F3NO3. The lowest BCUT2D eigenvalue weighted by molar-refractivity contribution is -0.137. The topological polar surface area (TPSA) is 47.6 Å². The summed E-state index contributed by atoms with van der Waals surface area (Å²) in [6, 6.07) is 14.9. The SMILES string of the molecule is COC[C@@H](C)NC(=O)c1ccc2c(Oc3ccc(C(F)(F)F)cc3)cccc2c1. The van der Waals surface area contributed by atoms with E-state index >= 15 is 0 Å². The number of ether oxygens (including phenoxy) is 2. The smallest absolute Gasteiger partial charge is 0.416 e. The van der Waals surface area contributed by atoms with Crippen LogP contribution in [0.25, 0.3) is 10.8 Å².